The van der Waals surface area contributed by atoms with Gasteiger partial charge in [-0.3, -0.25) is 9.69 Å². The molecule has 2 fully saturated rings. The number of amides is 1. The minimum atomic E-state index is -0.652. The summed E-state index contributed by atoms with van der Waals surface area (Å²) >= 11 is 0. The molecule has 0 aliphatic carbocycles. The first-order chi connectivity index (χ1) is 10.7. The zero-order valence-corrected chi connectivity index (χ0v) is 12.8. The van der Waals surface area contributed by atoms with Crippen molar-refractivity contribution in [1.82, 2.24) is 20.2 Å². The van der Waals surface area contributed by atoms with E-state index in [2.05, 4.69) is 25.1 Å². The molecular weight excluding hydrogens is 285 g/mol. The van der Waals surface area contributed by atoms with Crippen molar-refractivity contribution < 1.29 is 9.18 Å². The summed E-state index contributed by atoms with van der Waals surface area (Å²) in [6.07, 6.45) is 5.22. The molecule has 0 saturated carbocycles. The number of anilines is 1. The number of nitrogens with zero attached hydrogens (tertiary/aromatic N) is 4. The third-order valence-electron chi connectivity index (χ3n) is 4.56. The van der Waals surface area contributed by atoms with E-state index in [0.29, 0.717) is 24.7 Å². The van der Waals surface area contributed by atoms with E-state index >= 15 is 0 Å². The molecule has 22 heavy (non-hydrogen) atoms. The monoisotopic (exact) mass is 307 g/mol. The van der Waals surface area contributed by atoms with Gasteiger partial charge >= 0.3 is 0 Å². The molecule has 2 saturated heterocycles. The summed E-state index contributed by atoms with van der Waals surface area (Å²) in [6.45, 7) is 3.26. The standard InChI is InChI=1S/C15H22FN5O/c1-17-15(22)13-8-19-14(9-18-13)20-6-3-12(4-7-20)21-5-2-11(16)10-21/h8-9,11-12H,2-7,10H2,1H3,(H,17,22). The van der Waals surface area contributed by atoms with Crippen LogP contribution >= 0.6 is 0 Å². The Hall–Kier alpha value is -1.76. The second-order valence-electron chi connectivity index (χ2n) is 5.94. The van der Waals surface area contributed by atoms with E-state index < -0.39 is 6.17 Å². The van der Waals surface area contributed by atoms with E-state index in [-0.39, 0.29) is 5.91 Å². The summed E-state index contributed by atoms with van der Waals surface area (Å²) < 4.78 is 13.3. The maximum Gasteiger partial charge on any atom is 0.271 e. The molecule has 6 nitrogen and oxygen atoms in total. The number of aromatic nitrogens is 2. The predicted molar refractivity (Wildman–Crippen MR) is 81.7 cm³/mol. The van der Waals surface area contributed by atoms with Gasteiger partial charge in [-0.15, -0.1) is 0 Å². The SMILES string of the molecule is CNC(=O)c1cnc(N2CCC(N3CCC(F)C3)CC2)cn1. The van der Waals surface area contributed by atoms with Gasteiger partial charge in [-0.1, -0.05) is 0 Å². The maximum absolute atomic E-state index is 13.3. The van der Waals surface area contributed by atoms with Crippen molar-refractivity contribution in [2.75, 3.05) is 38.1 Å². The predicted octanol–water partition coefficient (Wildman–Crippen LogP) is 0.849. The quantitative estimate of drug-likeness (QED) is 0.897. The highest BCUT2D eigenvalue weighted by atomic mass is 19.1. The summed E-state index contributed by atoms with van der Waals surface area (Å²) in [5.74, 6) is 0.573. The Morgan fingerprint density at radius 1 is 1.23 bits per heavy atom. The third-order valence-corrected chi connectivity index (χ3v) is 4.56. The molecule has 0 bridgehead atoms. The number of hydrogen-bond donors (Lipinski definition) is 1. The average Bonchev–Trinajstić information content (AvgIpc) is 3.01. The van der Waals surface area contributed by atoms with Crippen LogP contribution in [0.5, 0.6) is 0 Å². The molecule has 1 amide bonds. The fraction of sp³-hybridized carbons (Fsp3) is 0.667. The molecule has 1 atom stereocenters. The van der Waals surface area contributed by atoms with Gasteiger partial charge in [0.05, 0.1) is 12.4 Å². The zero-order valence-electron chi connectivity index (χ0n) is 12.8. The van der Waals surface area contributed by atoms with Gasteiger partial charge in [-0.25, -0.2) is 14.4 Å². The smallest absolute Gasteiger partial charge is 0.271 e. The second kappa shape index (κ2) is 6.56. The normalized spacial score (nSPS) is 23.7. The van der Waals surface area contributed by atoms with Gasteiger partial charge < -0.3 is 10.2 Å². The Kier molecular flexibility index (Phi) is 4.52. The number of likely N-dealkylation sites (tertiary alicyclic amines) is 1. The van der Waals surface area contributed by atoms with Gasteiger partial charge in [0.15, 0.2) is 0 Å². The molecule has 7 heteroatoms. The number of hydrogen-bond acceptors (Lipinski definition) is 5. The van der Waals surface area contributed by atoms with Crippen LogP contribution in [-0.4, -0.2) is 66.2 Å². The Bertz CT molecular complexity index is 515. The van der Waals surface area contributed by atoms with Crippen molar-refractivity contribution in [1.29, 1.82) is 0 Å². The molecule has 1 aromatic rings. The van der Waals surface area contributed by atoms with E-state index in [1.807, 2.05) is 0 Å². The largest absolute Gasteiger partial charge is 0.355 e. The van der Waals surface area contributed by atoms with E-state index in [1.54, 1.807) is 13.2 Å². The van der Waals surface area contributed by atoms with Crippen molar-refractivity contribution in [2.45, 2.75) is 31.5 Å². The van der Waals surface area contributed by atoms with Crippen molar-refractivity contribution in [3.63, 3.8) is 0 Å². The zero-order chi connectivity index (χ0) is 15.5. The van der Waals surface area contributed by atoms with Crippen LogP contribution in [0.1, 0.15) is 29.8 Å². The lowest BCUT2D eigenvalue weighted by molar-refractivity contribution is 0.0958. The number of nitrogens with one attached hydrogen (secondary N) is 1. The molecule has 3 rings (SSSR count). The van der Waals surface area contributed by atoms with Crippen LogP contribution in [0, 0.1) is 0 Å². The fourth-order valence-corrected chi connectivity index (χ4v) is 3.26. The highest BCUT2D eigenvalue weighted by Gasteiger charge is 2.30. The number of carbonyl (C=O) groups excluding carboxylic acids is 1. The molecule has 1 aromatic heterocycles. The van der Waals surface area contributed by atoms with E-state index in [4.69, 9.17) is 0 Å². The molecule has 0 spiro atoms. The highest BCUT2D eigenvalue weighted by Crippen LogP contribution is 2.24. The topological polar surface area (TPSA) is 61.4 Å². The molecule has 3 heterocycles. The first-order valence-electron chi connectivity index (χ1n) is 7.84. The van der Waals surface area contributed by atoms with Crippen molar-refractivity contribution in [3.05, 3.63) is 18.1 Å². The summed E-state index contributed by atoms with van der Waals surface area (Å²) in [5.41, 5.74) is 0.326. The van der Waals surface area contributed by atoms with Crippen LogP contribution < -0.4 is 10.2 Å². The van der Waals surface area contributed by atoms with Crippen LogP contribution in [0.2, 0.25) is 0 Å². The Balaban J connectivity index is 1.56. The van der Waals surface area contributed by atoms with Crippen molar-refractivity contribution in [3.8, 4) is 0 Å². The molecular formula is C15H22FN5O. The van der Waals surface area contributed by atoms with Crippen molar-refractivity contribution >= 4 is 11.7 Å². The fourth-order valence-electron chi connectivity index (χ4n) is 3.26. The number of carbonyl (C=O) groups is 1. The first-order valence-corrected chi connectivity index (χ1v) is 7.84. The van der Waals surface area contributed by atoms with Gasteiger partial charge in [0.2, 0.25) is 0 Å². The van der Waals surface area contributed by atoms with E-state index in [0.717, 1.165) is 38.3 Å². The minimum absolute atomic E-state index is 0.229. The van der Waals surface area contributed by atoms with Crippen LogP contribution in [0.25, 0.3) is 0 Å². The van der Waals surface area contributed by atoms with Crippen molar-refractivity contribution in [2.24, 2.45) is 0 Å². The minimum Gasteiger partial charge on any atom is -0.355 e. The van der Waals surface area contributed by atoms with Crippen LogP contribution in [-0.2, 0) is 0 Å². The maximum atomic E-state index is 13.3. The number of piperidine rings is 1. The molecule has 0 aromatic carbocycles. The van der Waals surface area contributed by atoms with Gasteiger partial charge in [0.25, 0.3) is 5.91 Å². The number of rotatable bonds is 3. The van der Waals surface area contributed by atoms with Crippen LogP contribution in [0.15, 0.2) is 12.4 Å². The van der Waals surface area contributed by atoms with E-state index in [1.165, 1.54) is 6.20 Å². The lowest BCUT2D eigenvalue weighted by Crippen LogP contribution is -2.44. The summed E-state index contributed by atoms with van der Waals surface area (Å²) in [6, 6.07) is 0.482. The number of halogens is 1. The first kappa shape index (κ1) is 15.1. The molecule has 2 aliphatic heterocycles. The van der Waals surface area contributed by atoms with Crippen LogP contribution in [0.3, 0.4) is 0 Å². The van der Waals surface area contributed by atoms with Gasteiger partial charge in [0, 0.05) is 39.3 Å². The lowest BCUT2D eigenvalue weighted by atomic mass is 10.0. The molecule has 0 radical (unpaired) electrons. The number of alkyl halides is 1. The van der Waals surface area contributed by atoms with Crippen LogP contribution in [0.4, 0.5) is 10.2 Å². The van der Waals surface area contributed by atoms with Gasteiger partial charge in [-0.2, -0.15) is 0 Å². The average molecular weight is 307 g/mol. The molecule has 1 N–H and O–H groups in total. The molecule has 2 aliphatic rings. The summed E-state index contributed by atoms with van der Waals surface area (Å²) in [4.78, 5) is 24.4. The Morgan fingerprint density at radius 3 is 2.55 bits per heavy atom. The Labute approximate surface area is 129 Å². The second-order valence-corrected chi connectivity index (χ2v) is 5.94. The van der Waals surface area contributed by atoms with Gasteiger partial charge in [-0.05, 0) is 19.3 Å². The Morgan fingerprint density at radius 2 is 2.00 bits per heavy atom. The highest BCUT2D eigenvalue weighted by molar-refractivity contribution is 5.91. The molecule has 1 unspecified atom stereocenters. The summed E-state index contributed by atoms with van der Waals surface area (Å²) in [7, 11) is 1.57. The molecule has 120 valence electrons. The van der Waals surface area contributed by atoms with E-state index in [9.17, 15) is 9.18 Å². The third kappa shape index (κ3) is 3.19. The lowest BCUT2D eigenvalue weighted by Gasteiger charge is -2.37. The summed E-state index contributed by atoms with van der Waals surface area (Å²) in [5, 5.41) is 2.53. The van der Waals surface area contributed by atoms with Gasteiger partial charge in [0.1, 0.15) is 17.7 Å².